The Balaban J connectivity index is 2.12. The molecule has 6 nitrogen and oxygen atoms in total. The summed E-state index contributed by atoms with van der Waals surface area (Å²) in [6, 6.07) is 9.77. The summed E-state index contributed by atoms with van der Waals surface area (Å²) in [5.41, 5.74) is 7.88. The Morgan fingerprint density at radius 2 is 1.90 bits per heavy atom. The standard InChI is InChI=1S/C15H21N5O/c1-4-21-10-15-18-13(16)9-14(19-15)17-11-5-7-12(8-6-11)20(2)3/h5-9H,4,10H2,1-3H3,(H3,16,17,18,19). The van der Waals surface area contributed by atoms with Gasteiger partial charge >= 0.3 is 0 Å². The van der Waals surface area contributed by atoms with E-state index in [2.05, 4.69) is 15.3 Å². The highest BCUT2D eigenvalue weighted by molar-refractivity contribution is 5.61. The molecule has 0 saturated carbocycles. The third-order valence-corrected chi connectivity index (χ3v) is 2.88. The van der Waals surface area contributed by atoms with Gasteiger partial charge in [-0.2, -0.15) is 0 Å². The number of rotatable bonds is 6. The number of anilines is 4. The van der Waals surface area contributed by atoms with Crippen LogP contribution in [-0.2, 0) is 11.3 Å². The van der Waals surface area contributed by atoms with Crippen molar-refractivity contribution in [2.24, 2.45) is 0 Å². The van der Waals surface area contributed by atoms with Gasteiger partial charge in [-0.3, -0.25) is 0 Å². The van der Waals surface area contributed by atoms with Crippen molar-refractivity contribution in [3.63, 3.8) is 0 Å². The average Bonchev–Trinajstić information content (AvgIpc) is 2.45. The van der Waals surface area contributed by atoms with E-state index in [0.29, 0.717) is 30.7 Å². The molecule has 0 atom stereocenters. The molecule has 21 heavy (non-hydrogen) atoms. The average molecular weight is 287 g/mol. The Morgan fingerprint density at radius 1 is 1.19 bits per heavy atom. The SMILES string of the molecule is CCOCc1nc(N)cc(Nc2ccc(N(C)C)cc2)n1. The summed E-state index contributed by atoms with van der Waals surface area (Å²) in [6.07, 6.45) is 0. The van der Waals surface area contributed by atoms with Crippen LogP contribution in [0.4, 0.5) is 23.0 Å². The third kappa shape index (κ3) is 4.32. The van der Waals surface area contributed by atoms with Gasteiger partial charge in [0, 0.05) is 38.1 Å². The number of benzene rings is 1. The van der Waals surface area contributed by atoms with E-state index in [1.807, 2.05) is 50.2 Å². The molecule has 0 spiro atoms. The molecule has 2 aromatic rings. The van der Waals surface area contributed by atoms with Crippen molar-refractivity contribution in [2.75, 3.05) is 36.7 Å². The summed E-state index contributed by atoms with van der Waals surface area (Å²) >= 11 is 0. The van der Waals surface area contributed by atoms with Crippen molar-refractivity contribution in [3.8, 4) is 0 Å². The zero-order valence-corrected chi connectivity index (χ0v) is 12.6. The maximum atomic E-state index is 5.80. The van der Waals surface area contributed by atoms with E-state index in [-0.39, 0.29) is 0 Å². The predicted molar refractivity (Wildman–Crippen MR) is 85.8 cm³/mol. The molecule has 1 heterocycles. The van der Waals surface area contributed by atoms with Gasteiger partial charge in [0.25, 0.3) is 0 Å². The second kappa shape index (κ2) is 6.90. The van der Waals surface area contributed by atoms with Gasteiger partial charge in [0.05, 0.1) is 0 Å². The van der Waals surface area contributed by atoms with Gasteiger partial charge in [0.2, 0.25) is 0 Å². The second-order valence-electron chi connectivity index (χ2n) is 4.80. The Kier molecular flexibility index (Phi) is 4.94. The van der Waals surface area contributed by atoms with E-state index in [1.165, 1.54) is 0 Å². The third-order valence-electron chi connectivity index (χ3n) is 2.88. The molecule has 0 aliphatic heterocycles. The highest BCUT2D eigenvalue weighted by Crippen LogP contribution is 2.20. The molecule has 0 aliphatic rings. The molecule has 1 aromatic heterocycles. The van der Waals surface area contributed by atoms with Crippen LogP contribution in [-0.4, -0.2) is 30.7 Å². The van der Waals surface area contributed by atoms with Gasteiger partial charge in [0.15, 0.2) is 5.82 Å². The monoisotopic (exact) mass is 287 g/mol. The first-order valence-electron chi connectivity index (χ1n) is 6.84. The van der Waals surface area contributed by atoms with E-state index in [4.69, 9.17) is 10.5 Å². The Hall–Kier alpha value is -2.34. The largest absolute Gasteiger partial charge is 0.384 e. The van der Waals surface area contributed by atoms with Crippen LogP contribution in [0.5, 0.6) is 0 Å². The van der Waals surface area contributed by atoms with Crippen LogP contribution < -0.4 is 16.0 Å². The van der Waals surface area contributed by atoms with Crippen LogP contribution in [0.2, 0.25) is 0 Å². The van der Waals surface area contributed by atoms with Crippen LogP contribution in [0.1, 0.15) is 12.7 Å². The van der Waals surface area contributed by atoms with Crippen molar-refractivity contribution in [2.45, 2.75) is 13.5 Å². The minimum Gasteiger partial charge on any atom is -0.384 e. The number of ether oxygens (including phenoxy) is 1. The normalized spacial score (nSPS) is 10.4. The van der Waals surface area contributed by atoms with Crippen molar-refractivity contribution in [1.82, 2.24) is 9.97 Å². The maximum Gasteiger partial charge on any atom is 0.158 e. The molecule has 3 N–H and O–H groups in total. The van der Waals surface area contributed by atoms with Crippen LogP contribution in [0.15, 0.2) is 30.3 Å². The lowest BCUT2D eigenvalue weighted by atomic mass is 10.2. The van der Waals surface area contributed by atoms with Crippen LogP contribution >= 0.6 is 0 Å². The highest BCUT2D eigenvalue weighted by Gasteiger charge is 2.04. The summed E-state index contributed by atoms with van der Waals surface area (Å²) in [5.74, 6) is 1.66. The minimum atomic E-state index is 0.357. The first-order valence-corrected chi connectivity index (χ1v) is 6.84. The summed E-state index contributed by atoms with van der Waals surface area (Å²) < 4.78 is 5.31. The molecule has 0 radical (unpaired) electrons. The lowest BCUT2D eigenvalue weighted by Gasteiger charge is -2.13. The van der Waals surface area contributed by atoms with Gasteiger partial charge in [-0.1, -0.05) is 0 Å². The smallest absolute Gasteiger partial charge is 0.158 e. The lowest BCUT2D eigenvalue weighted by Crippen LogP contribution is -2.08. The minimum absolute atomic E-state index is 0.357. The van der Waals surface area contributed by atoms with E-state index < -0.39 is 0 Å². The van der Waals surface area contributed by atoms with Crippen molar-refractivity contribution in [3.05, 3.63) is 36.2 Å². The predicted octanol–water partition coefficient (Wildman–Crippen LogP) is 2.40. The number of nitrogens with two attached hydrogens (primary N) is 1. The van der Waals surface area contributed by atoms with Crippen molar-refractivity contribution >= 4 is 23.0 Å². The van der Waals surface area contributed by atoms with Crippen LogP contribution in [0, 0.1) is 0 Å². The fraction of sp³-hybridized carbons (Fsp3) is 0.333. The van der Waals surface area contributed by atoms with E-state index in [9.17, 15) is 0 Å². The molecule has 0 aliphatic carbocycles. The Labute approximate surface area is 125 Å². The molecule has 0 amide bonds. The van der Waals surface area contributed by atoms with Crippen molar-refractivity contribution < 1.29 is 4.74 Å². The number of aromatic nitrogens is 2. The molecule has 6 heteroatoms. The number of hydrogen-bond donors (Lipinski definition) is 2. The fourth-order valence-electron chi connectivity index (χ4n) is 1.83. The maximum absolute atomic E-state index is 5.80. The van der Waals surface area contributed by atoms with Gasteiger partial charge < -0.3 is 20.7 Å². The van der Waals surface area contributed by atoms with Crippen molar-refractivity contribution in [1.29, 1.82) is 0 Å². The summed E-state index contributed by atoms with van der Waals surface area (Å²) in [6.45, 7) is 2.90. The van der Waals surface area contributed by atoms with E-state index in [0.717, 1.165) is 11.4 Å². The molecular formula is C15H21N5O. The first-order chi connectivity index (χ1) is 10.1. The Morgan fingerprint density at radius 3 is 2.52 bits per heavy atom. The molecule has 0 saturated heterocycles. The quantitative estimate of drug-likeness (QED) is 0.849. The molecule has 0 bridgehead atoms. The van der Waals surface area contributed by atoms with E-state index >= 15 is 0 Å². The Bertz CT molecular complexity index is 583. The van der Waals surface area contributed by atoms with Crippen LogP contribution in [0.3, 0.4) is 0 Å². The summed E-state index contributed by atoms with van der Waals surface area (Å²) in [5, 5.41) is 3.22. The number of nitrogens with zero attached hydrogens (tertiary/aromatic N) is 3. The molecule has 1 aromatic carbocycles. The molecule has 0 unspecified atom stereocenters. The summed E-state index contributed by atoms with van der Waals surface area (Å²) in [7, 11) is 4.02. The van der Waals surface area contributed by atoms with Crippen LogP contribution in [0.25, 0.3) is 0 Å². The zero-order valence-electron chi connectivity index (χ0n) is 12.6. The molecule has 0 fully saturated rings. The topological polar surface area (TPSA) is 76.3 Å². The van der Waals surface area contributed by atoms with E-state index in [1.54, 1.807) is 6.07 Å². The summed E-state index contributed by atoms with van der Waals surface area (Å²) in [4.78, 5) is 10.6. The number of hydrogen-bond acceptors (Lipinski definition) is 6. The lowest BCUT2D eigenvalue weighted by molar-refractivity contribution is 0.128. The highest BCUT2D eigenvalue weighted by atomic mass is 16.5. The van der Waals surface area contributed by atoms with Gasteiger partial charge in [-0.05, 0) is 31.2 Å². The zero-order chi connectivity index (χ0) is 15.2. The van der Waals surface area contributed by atoms with Gasteiger partial charge in [-0.15, -0.1) is 0 Å². The fourth-order valence-corrected chi connectivity index (χ4v) is 1.83. The second-order valence-corrected chi connectivity index (χ2v) is 4.80. The number of nitrogen functional groups attached to an aromatic ring is 1. The van der Waals surface area contributed by atoms with Gasteiger partial charge in [0.1, 0.15) is 18.2 Å². The molecular weight excluding hydrogens is 266 g/mol. The number of nitrogens with one attached hydrogen (secondary N) is 1. The van der Waals surface area contributed by atoms with Gasteiger partial charge in [-0.25, -0.2) is 9.97 Å². The molecule has 112 valence electrons. The first kappa shape index (κ1) is 15.1. The molecule has 2 rings (SSSR count).